The quantitative estimate of drug-likeness (QED) is 0.292. The van der Waals surface area contributed by atoms with Crippen molar-refractivity contribution in [3.05, 3.63) is 0 Å². The summed E-state index contributed by atoms with van der Waals surface area (Å²) in [6.45, 7) is -1.06. The highest BCUT2D eigenvalue weighted by molar-refractivity contribution is 5.63. The number of halogens is 2. The van der Waals surface area contributed by atoms with Crippen LogP contribution in [0.5, 0.6) is 0 Å². The lowest BCUT2D eigenvalue weighted by atomic mass is 10.3. The van der Waals surface area contributed by atoms with Gasteiger partial charge in [-0.25, -0.2) is 0 Å². The molecule has 0 rings (SSSR count). The van der Waals surface area contributed by atoms with Crippen molar-refractivity contribution >= 4 is 12.3 Å². The van der Waals surface area contributed by atoms with Crippen LogP contribution in [-0.2, 0) is 19.2 Å². The van der Waals surface area contributed by atoms with Gasteiger partial charge in [0.1, 0.15) is 0 Å². The largest absolute Gasteiger partial charge is 0.549 e. The predicted molar refractivity (Wildman–Crippen MR) is 55.3 cm³/mol. The third-order valence-electron chi connectivity index (χ3n) is 1.67. The van der Waals surface area contributed by atoms with E-state index in [2.05, 4.69) is 19.2 Å². The topological polar surface area (TPSA) is 71.1 Å². The van der Waals surface area contributed by atoms with E-state index in [1.165, 1.54) is 0 Å². The van der Waals surface area contributed by atoms with Gasteiger partial charge in [-0.15, -0.1) is 0 Å². The lowest BCUT2D eigenvalue weighted by Gasteiger charge is -2.04. The molecule has 0 N–H and O–H groups in total. The first-order valence-corrected chi connectivity index (χ1v) is 5.50. The monoisotopic (exact) mass is 270 g/mol. The molecule has 0 bridgehead atoms. The van der Waals surface area contributed by atoms with Gasteiger partial charge in [0.05, 0.1) is 26.6 Å². The van der Waals surface area contributed by atoms with Crippen molar-refractivity contribution in [1.29, 1.82) is 0 Å². The molecule has 0 saturated carbocycles. The number of unbranched alkanes of at least 4 members (excludes halogenated alkanes) is 2. The van der Waals surface area contributed by atoms with Crippen LogP contribution < -0.4 is 0 Å². The Morgan fingerprint density at radius 3 is 1.44 bits per heavy atom. The molecule has 18 heavy (non-hydrogen) atoms. The van der Waals surface area contributed by atoms with Gasteiger partial charge >= 0.3 is 12.3 Å². The molecule has 0 fully saturated rings. The summed E-state index contributed by atoms with van der Waals surface area (Å²) in [7, 11) is 0. The molecular formula is C10H16F2O6. The first-order chi connectivity index (χ1) is 8.70. The zero-order valence-corrected chi connectivity index (χ0v) is 9.86. The van der Waals surface area contributed by atoms with Crippen LogP contribution in [0.4, 0.5) is 18.4 Å². The van der Waals surface area contributed by atoms with Crippen molar-refractivity contribution in [3.63, 3.8) is 0 Å². The molecule has 0 aliphatic carbocycles. The number of ether oxygens (including phenoxy) is 2. The van der Waals surface area contributed by atoms with Gasteiger partial charge in [0.15, 0.2) is 0 Å². The van der Waals surface area contributed by atoms with E-state index in [0.29, 0.717) is 12.8 Å². The molecule has 0 aromatic carbocycles. The van der Waals surface area contributed by atoms with E-state index in [1.807, 2.05) is 0 Å². The Bertz CT molecular complexity index is 212. The predicted octanol–water partition coefficient (Wildman–Crippen LogP) is 2.71. The Morgan fingerprint density at radius 2 is 1.11 bits per heavy atom. The highest BCUT2D eigenvalue weighted by Gasteiger charge is 2.11. The van der Waals surface area contributed by atoms with Crippen LogP contribution in [0.25, 0.3) is 0 Å². The normalized spacial score (nSPS) is 9.67. The minimum absolute atomic E-state index is 0.0301. The number of rotatable bonds is 8. The maximum absolute atomic E-state index is 11.7. The average molecular weight is 270 g/mol. The van der Waals surface area contributed by atoms with Crippen LogP contribution in [0.1, 0.15) is 25.7 Å². The van der Waals surface area contributed by atoms with E-state index in [-0.39, 0.29) is 26.1 Å². The first-order valence-electron chi connectivity index (χ1n) is 5.50. The highest BCUT2D eigenvalue weighted by Crippen LogP contribution is 1.97. The van der Waals surface area contributed by atoms with Crippen molar-refractivity contribution in [1.82, 2.24) is 0 Å². The van der Waals surface area contributed by atoms with E-state index in [9.17, 15) is 18.4 Å². The fraction of sp³-hybridized carbons (Fsp3) is 0.800. The molecular weight excluding hydrogens is 254 g/mol. The van der Waals surface area contributed by atoms with Crippen LogP contribution in [0.15, 0.2) is 0 Å². The van der Waals surface area contributed by atoms with E-state index in [4.69, 9.17) is 0 Å². The second kappa shape index (κ2) is 11.9. The molecule has 0 aromatic rings. The molecule has 0 amide bonds. The van der Waals surface area contributed by atoms with Gasteiger partial charge in [-0.2, -0.15) is 19.4 Å². The van der Waals surface area contributed by atoms with Gasteiger partial charge < -0.3 is 9.47 Å². The van der Waals surface area contributed by atoms with E-state index in [0.717, 1.165) is 0 Å². The van der Waals surface area contributed by atoms with Gasteiger partial charge in [0, 0.05) is 0 Å². The van der Waals surface area contributed by atoms with Crippen LogP contribution in [0, 0.1) is 0 Å². The van der Waals surface area contributed by atoms with Gasteiger partial charge in [0.25, 0.3) is 0 Å². The number of alkyl halides is 2. The second-order valence-corrected chi connectivity index (χ2v) is 3.16. The molecule has 0 heterocycles. The van der Waals surface area contributed by atoms with Crippen molar-refractivity contribution in [2.24, 2.45) is 0 Å². The Kier molecular flexibility index (Phi) is 10.8. The summed E-state index contributed by atoms with van der Waals surface area (Å²) < 4.78 is 32.2. The Balaban J connectivity index is 3.39. The summed E-state index contributed by atoms with van der Waals surface area (Å²) in [5, 5.41) is 0. The maximum atomic E-state index is 11.7. The lowest BCUT2D eigenvalue weighted by molar-refractivity contribution is -0.217. The minimum Gasteiger partial charge on any atom is -0.432 e. The fourth-order valence-electron chi connectivity index (χ4n) is 0.820. The molecule has 0 aromatic heterocycles. The zero-order chi connectivity index (χ0) is 13.6. The first kappa shape index (κ1) is 16.4. The third-order valence-corrected chi connectivity index (χ3v) is 1.67. The smallest absolute Gasteiger partial charge is 0.432 e. The highest BCUT2D eigenvalue weighted by atomic mass is 19.1. The summed E-state index contributed by atoms with van der Waals surface area (Å²) in [4.78, 5) is 29.4. The summed E-state index contributed by atoms with van der Waals surface area (Å²) in [6.07, 6.45) is -1.20. The standard InChI is InChI=1S/C10H16F2O6/c11-5-1-3-7-15-9(13)17-18-10(14)16-8-4-2-6-12/h1-8H2. The lowest BCUT2D eigenvalue weighted by Crippen LogP contribution is -2.14. The van der Waals surface area contributed by atoms with Gasteiger partial charge in [-0.1, -0.05) is 0 Å². The summed E-state index contributed by atoms with van der Waals surface area (Å²) in [5.41, 5.74) is 0. The van der Waals surface area contributed by atoms with E-state index < -0.39 is 25.7 Å². The fourth-order valence-corrected chi connectivity index (χ4v) is 0.820. The minimum atomic E-state index is -1.21. The third kappa shape index (κ3) is 10.9. The molecule has 0 unspecified atom stereocenters. The van der Waals surface area contributed by atoms with Crippen LogP contribution >= 0.6 is 0 Å². The van der Waals surface area contributed by atoms with Crippen LogP contribution in [0.2, 0.25) is 0 Å². The number of carbonyl (C=O) groups is 2. The molecule has 0 aliphatic rings. The van der Waals surface area contributed by atoms with Gasteiger partial charge in [0.2, 0.25) is 0 Å². The molecule has 0 aliphatic heterocycles. The molecule has 0 atom stereocenters. The summed E-state index contributed by atoms with van der Waals surface area (Å²) >= 11 is 0. The van der Waals surface area contributed by atoms with Crippen molar-refractivity contribution in [3.8, 4) is 0 Å². The molecule has 6 nitrogen and oxygen atoms in total. The Morgan fingerprint density at radius 1 is 0.722 bits per heavy atom. The van der Waals surface area contributed by atoms with E-state index >= 15 is 0 Å². The summed E-state index contributed by atoms with van der Waals surface area (Å²) in [5.74, 6) is 0. The maximum Gasteiger partial charge on any atom is 0.549 e. The average Bonchev–Trinajstić information content (AvgIpc) is 2.37. The van der Waals surface area contributed by atoms with E-state index in [1.54, 1.807) is 0 Å². The molecule has 0 radical (unpaired) electrons. The van der Waals surface area contributed by atoms with Gasteiger partial charge in [-0.05, 0) is 25.7 Å². The van der Waals surface area contributed by atoms with Crippen LogP contribution in [-0.4, -0.2) is 38.9 Å². The SMILES string of the molecule is O=C(OCCCCF)OOC(=O)OCCCCF. The Hall–Kier alpha value is -1.60. The molecule has 0 saturated heterocycles. The number of carbonyl (C=O) groups excluding carboxylic acids is 2. The molecule has 8 heteroatoms. The van der Waals surface area contributed by atoms with Crippen LogP contribution in [0.3, 0.4) is 0 Å². The Labute approximate surface area is 103 Å². The molecule has 106 valence electrons. The zero-order valence-electron chi connectivity index (χ0n) is 9.86. The molecule has 0 spiro atoms. The number of hydrogen-bond acceptors (Lipinski definition) is 6. The van der Waals surface area contributed by atoms with Crippen molar-refractivity contribution < 1.29 is 37.6 Å². The van der Waals surface area contributed by atoms with Crippen molar-refractivity contribution in [2.75, 3.05) is 26.6 Å². The number of hydrogen-bond donors (Lipinski definition) is 0. The second-order valence-electron chi connectivity index (χ2n) is 3.16. The summed E-state index contributed by atoms with van der Waals surface area (Å²) in [6, 6.07) is 0. The van der Waals surface area contributed by atoms with Crippen molar-refractivity contribution in [2.45, 2.75) is 25.7 Å². The van der Waals surface area contributed by atoms with Gasteiger partial charge in [-0.3, -0.25) is 8.78 Å².